The fourth-order valence-corrected chi connectivity index (χ4v) is 15.0. The zero-order valence-corrected chi connectivity index (χ0v) is 44.0. The van der Waals surface area contributed by atoms with Crippen molar-refractivity contribution in [3.05, 3.63) is 286 Å². The number of hydrogen-bond donors (Lipinski definition) is 0. The van der Waals surface area contributed by atoms with Crippen molar-refractivity contribution in [2.24, 2.45) is 0 Å². The Morgan fingerprint density at radius 2 is 0.946 bits per heavy atom. The molecule has 2 heterocycles. The smallest absolute Gasteiger partial charge is 0.132 e. The van der Waals surface area contributed by atoms with E-state index < -0.39 is 10.8 Å². The van der Waals surface area contributed by atoms with E-state index in [9.17, 15) is 0 Å². The molecule has 0 N–H and O–H groups in total. The highest BCUT2D eigenvalue weighted by Gasteiger charge is 2.53. The molecular weight excluding hydrogens is 915 g/mol. The summed E-state index contributed by atoms with van der Waals surface area (Å²) in [4.78, 5) is 3.94. The Morgan fingerprint density at radius 1 is 0.446 bits per heavy atom. The Bertz CT molecular complexity index is 3740. The highest BCUT2D eigenvalue weighted by atomic mass is 32.2. The molecule has 74 heavy (non-hydrogen) atoms. The van der Waals surface area contributed by atoms with Gasteiger partial charge in [0.2, 0.25) is 0 Å². The third-order valence-corrected chi connectivity index (χ3v) is 18.5. The number of fused-ring (bicyclic) bond motifs is 15. The standard InChI is InChI=1S/C71H59NOS/c1-67(2,3)47-32-38-63-60(41-47)71(61-42-48(68(4,5)6)33-39-64(61)73-63)56-28-17-15-26-52(56)54-37-35-50(44-59(54)71)72(62-30-20-31-65-66(62)57-29-18-19-40-69(57,7)74-65)49-34-36-53-51-25-14-16-27-55(51)70(58(53)43-49,45-21-10-8-11-22-45)46-23-12-9-13-24-46/h8-44,57H,1-7H3. The summed E-state index contributed by atoms with van der Waals surface area (Å²) >= 11 is 1.99. The molecule has 14 rings (SSSR count). The number of allylic oxidation sites excluding steroid dienone is 3. The third-order valence-electron chi connectivity index (χ3n) is 17.1. The van der Waals surface area contributed by atoms with Crippen molar-refractivity contribution in [3.8, 4) is 33.8 Å². The number of thioether (sulfide) groups is 1. The summed E-state index contributed by atoms with van der Waals surface area (Å²) in [5.74, 6) is 2.00. The van der Waals surface area contributed by atoms with E-state index in [4.69, 9.17) is 4.74 Å². The number of nitrogens with zero attached hydrogens (tertiary/aromatic N) is 1. The quantitative estimate of drug-likeness (QED) is 0.171. The van der Waals surface area contributed by atoms with Gasteiger partial charge in [0.1, 0.15) is 11.5 Å². The molecule has 0 radical (unpaired) electrons. The number of hydrogen-bond acceptors (Lipinski definition) is 3. The lowest BCUT2D eigenvalue weighted by Gasteiger charge is -2.41. The minimum Gasteiger partial charge on any atom is -0.457 e. The SMILES string of the molecule is CC(C)(C)c1ccc2c(c1)C1(c3cc(C(C)(C)C)ccc3O2)c2ccccc2-c2ccc(N(c3ccc4c(c3)C(c3ccccc3)(c3ccccc3)c3ccccc3-4)c3cccc4c3C3C=CC=CC3(C)S4)cc21. The average molecular weight is 974 g/mol. The second-order valence-electron chi connectivity index (χ2n) is 23.3. The van der Waals surface area contributed by atoms with Gasteiger partial charge in [-0.3, -0.25) is 0 Å². The Morgan fingerprint density at radius 3 is 1.50 bits per heavy atom. The van der Waals surface area contributed by atoms with E-state index in [2.05, 4.69) is 278 Å². The summed E-state index contributed by atoms with van der Waals surface area (Å²) in [6.07, 6.45) is 9.32. The molecule has 0 saturated carbocycles. The van der Waals surface area contributed by atoms with E-state index in [1.54, 1.807) is 0 Å². The van der Waals surface area contributed by atoms with E-state index in [1.807, 2.05) is 11.8 Å². The van der Waals surface area contributed by atoms with Gasteiger partial charge in [-0.05, 0) is 151 Å². The first-order valence-corrected chi connectivity index (χ1v) is 27.2. The van der Waals surface area contributed by atoms with Crippen LogP contribution in [0.1, 0.15) is 116 Å². The largest absolute Gasteiger partial charge is 0.457 e. The van der Waals surface area contributed by atoms with Gasteiger partial charge in [0.25, 0.3) is 0 Å². The second kappa shape index (κ2) is 16.0. The van der Waals surface area contributed by atoms with Crippen molar-refractivity contribution in [3.63, 3.8) is 0 Å². The van der Waals surface area contributed by atoms with Gasteiger partial charge in [-0.15, -0.1) is 11.8 Å². The molecule has 2 atom stereocenters. The minimum atomic E-state index is -0.682. The lowest BCUT2D eigenvalue weighted by Crippen LogP contribution is -2.33. The van der Waals surface area contributed by atoms with Gasteiger partial charge in [-0.25, -0.2) is 0 Å². The Hall–Kier alpha value is -7.59. The first kappa shape index (κ1) is 45.1. The van der Waals surface area contributed by atoms with Crippen molar-refractivity contribution in [2.75, 3.05) is 4.90 Å². The lowest BCUT2D eigenvalue weighted by atomic mass is 9.64. The van der Waals surface area contributed by atoms with Crippen LogP contribution < -0.4 is 9.64 Å². The molecule has 5 aliphatic rings. The van der Waals surface area contributed by atoms with E-state index in [0.29, 0.717) is 0 Å². The lowest BCUT2D eigenvalue weighted by molar-refractivity contribution is 0.433. The molecule has 2 unspecified atom stereocenters. The molecule has 0 amide bonds. The third kappa shape index (κ3) is 6.26. The Labute approximate surface area is 441 Å². The van der Waals surface area contributed by atoms with Crippen LogP contribution >= 0.6 is 11.8 Å². The van der Waals surface area contributed by atoms with E-state index in [0.717, 1.165) is 22.9 Å². The normalized spacial score (nSPS) is 18.6. The van der Waals surface area contributed by atoms with Gasteiger partial charge < -0.3 is 9.64 Å². The molecule has 360 valence electrons. The monoisotopic (exact) mass is 973 g/mol. The maximum atomic E-state index is 7.09. The van der Waals surface area contributed by atoms with Gasteiger partial charge in [-0.1, -0.05) is 205 Å². The number of rotatable bonds is 5. The molecule has 0 saturated heterocycles. The van der Waals surface area contributed by atoms with Crippen LogP contribution in [0.3, 0.4) is 0 Å². The Balaban J connectivity index is 1.08. The molecule has 1 spiro atoms. The highest BCUT2D eigenvalue weighted by molar-refractivity contribution is 8.01. The topological polar surface area (TPSA) is 12.5 Å². The van der Waals surface area contributed by atoms with Crippen LogP contribution in [0, 0.1) is 0 Å². The van der Waals surface area contributed by atoms with Crippen LogP contribution in [0.2, 0.25) is 0 Å². The fraction of sp³-hybridized carbons (Fsp3) is 0.183. The van der Waals surface area contributed by atoms with Gasteiger partial charge >= 0.3 is 0 Å². The molecule has 2 aliphatic heterocycles. The van der Waals surface area contributed by atoms with Crippen LogP contribution in [0.5, 0.6) is 11.5 Å². The predicted molar refractivity (Wildman–Crippen MR) is 308 cm³/mol. The molecule has 3 aliphatic carbocycles. The number of benzene rings is 9. The maximum Gasteiger partial charge on any atom is 0.132 e. The summed E-state index contributed by atoms with van der Waals surface area (Å²) in [6, 6.07) is 76.3. The summed E-state index contributed by atoms with van der Waals surface area (Å²) in [5.41, 5.74) is 21.1. The zero-order valence-electron chi connectivity index (χ0n) is 43.2. The maximum absolute atomic E-state index is 7.09. The van der Waals surface area contributed by atoms with Crippen LogP contribution in [-0.4, -0.2) is 4.75 Å². The molecule has 3 heteroatoms. The van der Waals surface area contributed by atoms with Crippen molar-refractivity contribution in [1.82, 2.24) is 0 Å². The molecule has 0 bridgehead atoms. The van der Waals surface area contributed by atoms with E-state index >= 15 is 0 Å². The zero-order chi connectivity index (χ0) is 50.4. The molecule has 0 aromatic heterocycles. The number of anilines is 3. The van der Waals surface area contributed by atoms with E-state index in [-0.39, 0.29) is 21.5 Å². The van der Waals surface area contributed by atoms with E-state index in [1.165, 1.54) is 94.0 Å². The number of ether oxygens (including phenoxy) is 1. The predicted octanol–water partition coefficient (Wildman–Crippen LogP) is 18.7. The summed E-state index contributed by atoms with van der Waals surface area (Å²) < 4.78 is 6.98. The van der Waals surface area contributed by atoms with Gasteiger partial charge in [0.15, 0.2) is 0 Å². The van der Waals surface area contributed by atoms with Gasteiger partial charge in [0.05, 0.1) is 16.5 Å². The molecule has 9 aromatic rings. The first-order valence-electron chi connectivity index (χ1n) is 26.4. The van der Waals surface area contributed by atoms with Crippen LogP contribution in [0.4, 0.5) is 17.1 Å². The summed E-state index contributed by atoms with van der Waals surface area (Å²) in [5, 5.41) is 0. The summed E-state index contributed by atoms with van der Waals surface area (Å²) in [7, 11) is 0. The minimum absolute atomic E-state index is 0.0890. The average Bonchev–Trinajstić information content (AvgIpc) is 4.04. The van der Waals surface area contributed by atoms with Gasteiger partial charge in [-0.2, -0.15) is 0 Å². The summed E-state index contributed by atoms with van der Waals surface area (Å²) in [6.45, 7) is 16.3. The molecule has 9 aromatic carbocycles. The Kier molecular flexibility index (Phi) is 9.72. The first-order chi connectivity index (χ1) is 35.8. The van der Waals surface area contributed by atoms with Crippen LogP contribution in [0.25, 0.3) is 22.3 Å². The second-order valence-corrected chi connectivity index (χ2v) is 24.9. The van der Waals surface area contributed by atoms with Crippen LogP contribution in [0.15, 0.2) is 229 Å². The van der Waals surface area contributed by atoms with Crippen molar-refractivity contribution >= 4 is 28.8 Å². The van der Waals surface area contributed by atoms with Crippen molar-refractivity contribution in [1.29, 1.82) is 0 Å². The fourth-order valence-electron chi connectivity index (χ4n) is 13.6. The van der Waals surface area contributed by atoms with Crippen molar-refractivity contribution in [2.45, 2.75) is 85.7 Å². The van der Waals surface area contributed by atoms with Crippen molar-refractivity contribution < 1.29 is 4.74 Å². The molecule has 0 fully saturated rings. The van der Waals surface area contributed by atoms with Crippen LogP contribution in [-0.2, 0) is 21.7 Å². The van der Waals surface area contributed by atoms with Gasteiger partial charge in [0, 0.05) is 38.1 Å². The molecule has 2 nitrogen and oxygen atoms in total. The highest BCUT2D eigenvalue weighted by Crippen LogP contribution is 2.65. The molecular formula is C71H59NOS.